The van der Waals surface area contributed by atoms with Gasteiger partial charge in [-0.3, -0.25) is 4.90 Å². The van der Waals surface area contributed by atoms with Crippen LogP contribution in [-0.2, 0) is 9.84 Å². The highest BCUT2D eigenvalue weighted by atomic mass is 32.2. The number of likely N-dealkylation sites (N-methyl/N-ethyl adjacent to an activating group) is 1. The first kappa shape index (κ1) is 22.5. The maximum Gasteiger partial charge on any atom is 0.324 e. The fourth-order valence-electron chi connectivity index (χ4n) is 3.40. The molecule has 0 unspecified atom stereocenters. The predicted octanol–water partition coefficient (Wildman–Crippen LogP) is 2.72. The van der Waals surface area contributed by atoms with Gasteiger partial charge in [0.15, 0.2) is 27.2 Å². The van der Waals surface area contributed by atoms with Gasteiger partial charge >= 0.3 is 6.01 Å². The zero-order chi connectivity index (χ0) is 21.9. The summed E-state index contributed by atoms with van der Waals surface area (Å²) in [7, 11) is -1.42. The summed E-state index contributed by atoms with van der Waals surface area (Å²) < 4.78 is 48.0. The first-order chi connectivity index (χ1) is 14.1. The first-order valence-electron chi connectivity index (χ1n) is 10.1. The molecule has 1 aliphatic rings. The number of aromatic nitrogens is 2. The van der Waals surface area contributed by atoms with E-state index in [1.165, 1.54) is 12.1 Å². The molecule has 0 saturated carbocycles. The SMILES string of the molecule is CC(C)c1noc(N2CCC(N(C)CCOc3ccc(S(C)(=O)=O)cc3F)CC2)n1. The Morgan fingerprint density at radius 1 is 1.33 bits per heavy atom. The molecule has 8 nitrogen and oxygen atoms in total. The minimum absolute atomic E-state index is 0.0574. The van der Waals surface area contributed by atoms with E-state index in [2.05, 4.69) is 19.9 Å². The van der Waals surface area contributed by atoms with E-state index in [4.69, 9.17) is 9.26 Å². The van der Waals surface area contributed by atoms with Crippen LogP contribution in [0.5, 0.6) is 5.75 Å². The third-order valence-corrected chi connectivity index (χ3v) is 6.45. The topological polar surface area (TPSA) is 88.8 Å². The molecule has 166 valence electrons. The van der Waals surface area contributed by atoms with Gasteiger partial charge in [-0.1, -0.05) is 19.0 Å². The molecule has 0 N–H and O–H groups in total. The molecule has 10 heteroatoms. The van der Waals surface area contributed by atoms with E-state index in [0.29, 0.717) is 25.2 Å². The third-order valence-electron chi connectivity index (χ3n) is 5.34. The van der Waals surface area contributed by atoms with E-state index in [1.807, 2.05) is 20.9 Å². The Balaban J connectivity index is 1.45. The highest BCUT2D eigenvalue weighted by Crippen LogP contribution is 2.23. The number of rotatable bonds is 8. The van der Waals surface area contributed by atoms with Crippen LogP contribution in [0.3, 0.4) is 0 Å². The van der Waals surface area contributed by atoms with E-state index < -0.39 is 15.7 Å². The minimum atomic E-state index is -3.44. The van der Waals surface area contributed by atoms with E-state index in [0.717, 1.165) is 44.1 Å². The number of hydrogen-bond acceptors (Lipinski definition) is 8. The van der Waals surface area contributed by atoms with Gasteiger partial charge in [0.2, 0.25) is 0 Å². The Labute approximate surface area is 176 Å². The van der Waals surface area contributed by atoms with Crippen molar-refractivity contribution in [1.29, 1.82) is 0 Å². The molecule has 2 heterocycles. The molecule has 0 spiro atoms. The highest BCUT2D eigenvalue weighted by molar-refractivity contribution is 7.90. The molecule has 0 bridgehead atoms. The monoisotopic (exact) mass is 440 g/mol. The van der Waals surface area contributed by atoms with Crippen molar-refractivity contribution >= 4 is 15.9 Å². The van der Waals surface area contributed by atoms with Gasteiger partial charge in [0, 0.05) is 37.8 Å². The van der Waals surface area contributed by atoms with Crippen molar-refractivity contribution in [1.82, 2.24) is 15.0 Å². The molecule has 0 radical (unpaired) electrons. The lowest BCUT2D eigenvalue weighted by Crippen LogP contribution is -2.44. The lowest BCUT2D eigenvalue weighted by Gasteiger charge is -2.35. The molecule has 2 aromatic rings. The molecule has 30 heavy (non-hydrogen) atoms. The fourth-order valence-corrected chi connectivity index (χ4v) is 4.03. The largest absolute Gasteiger partial charge is 0.489 e. The lowest BCUT2D eigenvalue weighted by atomic mass is 10.0. The van der Waals surface area contributed by atoms with Gasteiger partial charge in [-0.05, 0) is 38.1 Å². The van der Waals surface area contributed by atoms with Crippen molar-refractivity contribution in [3.8, 4) is 5.75 Å². The van der Waals surface area contributed by atoms with Gasteiger partial charge in [-0.25, -0.2) is 12.8 Å². The number of halogens is 1. The Hall–Kier alpha value is -2.20. The molecule has 1 aliphatic heterocycles. The quantitative estimate of drug-likeness (QED) is 0.619. The van der Waals surface area contributed by atoms with Crippen LogP contribution in [-0.4, -0.2) is 69.0 Å². The van der Waals surface area contributed by atoms with Gasteiger partial charge in [0.1, 0.15) is 6.61 Å². The standard InChI is InChI=1S/C20H29FN4O4S/c1-14(2)19-22-20(29-23-19)25-9-7-15(8-10-25)24(3)11-12-28-18-6-5-16(13-17(18)21)30(4,26)27/h5-6,13-15H,7-12H2,1-4H3. The molecule has 0 aliphatic carbocycles. The smallest absolute Gasteiger partial charge is 0.324 e. The molecule has 1 saturated heterocycles. The van der Waals surface area contributed by atoms with Crippen molar-refractivity contribution < 1.29 is 22.1 Å². The number of sulfone groups is 1. The van der Waals surface area contributed by atoms with E-state index in [9.17, 15) is 12.8 Å². The van der Waals surface area contributed by atoms with Gasteiger partial charge < -0.3 is 14.2 Å². The normalized spacial score (nSPS) is 15.9. The summed E-state index contributed by atoms with van der Waals surface area (Å²) in [5, 5.41) is 4.02. The van der Waals surface area contributed by atoms with Gasteiger partial charge in [-0.15, -0.1) is 0 Å². The Morgan fingerprint density at radius 3 is 2.60 bits per heavy atom. The highest BCUT2D eigenvalue weighted by Gasteiger charge is 2.25. The minimum Gasteiger partial charge on any atom is -0.489 e. The molecule has 1 aromatic heterocycles. The Bertz CT molecular complexity index is 955. The van der Waals surface area contributed by atoms with Crippen molar-refractivity contribution in [3.05, 3.63) is 29.8 Å². The second-order valence-corrected chi connectivity index (χ2v) is 10.0. The van der Waals surface area contributed by atoms with Crippen LogP contribution in [0.2, 0.25) is 0 Å². The van der Waals surface area contributed by atoms with Crippen LogP contribution in [0, 0.1) is 5.82 Å². The molecule has 0 atom stereocenters. The molecular weight excluding hydrogens is 411 g/mol. The number of piperidine rings is 1. The molecule has 3 rings (SSSR count). The van der Waals surface area contributed by atoms with Gasteiger partial charge in [-0.2, -0.15) is 4.98 Å². The van der Waals surface area contributed by atoms with Gasteiger partial charge in [0.25, 0.3) is 0 Å². The fraction of sp³-hybridized carbons (Fsp3) is 0.600. The summed E-state index contributed by atoms with van der Waals surface area (Å²) in [6.45, 7) is 6.67. The molecular formula is C20H29FN4O4S. The van der Waals surface area contributed by atoms with Crippen LogP contribution < -0.4 is 9.64 Å². The van der Waals surface area contributed by atoms with Crippen LogP contribution in [0.1, 0.15) is 38.4 Å². The lowest BCUT2D eigenvalue weighted by molar-refractivity contribution is 0.166. The van der Waals surface area contributed by atoms with E-state index in [-0.39, 0.29) is 16.6 Å². The number of anilines is 1. The summed E-state index contributed by atoms with van der Waals surface area (Å²) in [5.41, 5.74) is 0. The van der Waals surface area contributed by atoms with Gasteiger partial charge in [0.05, 0.1) is 4.90 Å². The van der Waals surface area contributed by atoms with Crippen molar-refractivity contribution in [2.75, 3.05) is 44.4 Å². The summed E-state index contributed by atoms with van der Waals surface area (Å²) in [4.78, 5) is 8.71. The van der Waals surface area contributed by atoms with Crippen molar-refractivity contribution in [2.45, 2.75) is 43.5 Å². The maximum atomic E-state index is 14.1. The van der Waals surface area contributed by atoms with Crippen LogP contribution in [0.25, 0.3) is 0 Å². The molecule has 0 amide bonds. The predicted molar refractivity (Wildman–Crippen MR) is 111 cm³/mol. The zero-order valence-corrected chi connectivity index (χ0v) is 18.7. The maximum absolute atomic E-state index is 14.1. The Kier molecular flexibility index (Phi) is 6.97. The van der Waals surface area contributed by atoms with Crippen molar-refractivity contribution in [2.24, 2.45) is 0 Å². The summed E-state index contributed by atoms with van der Waals surface area (Å²) in [6.07, 6.45) is 2.95. The zero-order valence-electron chi connectivity index (χ0n) is 17.8. The first-order valence-corrected chi connectivity index (χ1v) is 12.0. The van der Waals surface area contributed by atoms with Crippen LogP contribution in [0.4, 0.5) is 10.4 Å². The number of hydrogen-bond donors (Lipinski definition) is 0. The number of ether oxygens (including phenoxy) is 1. The number of nitrogens with zero attached hydrogens (tertiary/aromatic N) is 4. The summed E-state index contributed by atoms with van der Waals surface area (Å²) in [5.74, 6) is 0.342. The van der Waals surface area contributed by atoms with E-state index in [1.54, 1.807) is 0 Å². The third kappa shape index (κ3) is 5.48. The Morgan fingerprint density at radius 2 is 2.03 bits per heavy atom. The molecule has 1 aromatic carbocycles. The second-order valence-electron chi connectivity index (χ2n) is 8.00. The molecule has 1 fully saturated rings. The van der Waals surface area contributed by atoms with Crippen LogP contribution >= 0.6 is 0 Å². The summed E-state index contributed by atoms with van der Waals surface area (Å²) in [6, 6.07) is 4.67. The summed E-state index contributed by atoms with van der Waals surface area (Å²) >= 11 is 0. The second kappa shape index (κ2) is 9.30. The number of benzene rings is 1. The van der Waals surface area contributed by atoms with Crippen LogP contribution in [0.15, 0.2) is 27.6 Å². The average Bonchev–Trinajstić information content (AvgIpc) is 3.19. The van der Waals surface area contributed by atoms with Crippen molar-refractivity contribution in [3.63, 3.8) is 0 Å². The average molecular weight is 441 g/mol. The van der Waals surface area contributed by atoms with E-state index >= 15 is 0 Å².